The monoisotopic (exact) mass is 498 g/mol. The highest BCUT2D eigenvalue weighted by Gasteiger charge is 2.26. The normalized spacial score (nSPS) is 14.5. The van der Waals surface area contributed by atoms with Crippen molar-refractivity contribution in [2.45, 2.75) is 18.7 Å². The van der Waals surface area contributed by atoms with E-state index in [4.69, 9.17) is 9.47 Å². The predicted octanol–water partition coefficient (Wildman–Crippen LogP) is 2.31. The number of hydrogen-bond donors (Lipinski definition) is 1. The van der Waals surface area contributed by atoms with Crippen molar-refractivity contribution in [3.8, 4) is 5.69 Å². The molecule has 1 saturated heterocycles. The number of nitrogens with zero attached hydrogens (tertiary/aromatic N) is 3. The van der Waals surface area contributed by atoms with E-state index in [0.29, 0.717) is 24.6 Å². The molecule has 0 radical (unpaired) electrons. The minimum absolute atomic E-state index is 0.0788. The van der Waals surface area contributed by atoms with E-state index in [2.05, 4.69) is 10.4 Å². The number of benzene rings is 2. The van der Waals surface area contributed by atoms with Gasteiger partial charge in [-0.2, -0.15) is 9.40 Å². The van der Waals surface area contributed by atoms with Crippen LogP contribution in [-0.2, 0) is 24.3 Å². The number of carbonyl (C=O) groups is 2. The number of aromatic nitrogens is 2. The van der Waals surface area contributed by atoms with Crippen LogP contribution >= 0.6 is 0 Å². The average Bonchev–Trinajstić information content (AvgIpc) is 3.16. The topological polar surface area (TPSA) is 120 Å². The van der Waals surface area contributed by atoms with Gasteiger partial charge in [-0.15, -0.1) is 0 Å². The molecule has 1 aromatic heterocycles. The summed E-state index contributed by atoms with van der Waals surface area (Å²) in [7, 11) is -3.66. The first-order chi connectivity index (χ1) is 16.8. The highest BCUT2D eigenvalue weighted by molar-refractivity contribution is 7.89. The molecule has 2 aromatic carbocycles. The van der Waals surface area contributed by atoms with Gasteiger partial charge in [0.1, 0.15) is 0 Å². The van der Waals surface area contributed by atoms with Gasteiger partial charge in [-0.3, -0.25) is 4.79 Å². The molecule has 1 fully saturated rings. The fraction of sp³-hybridized carbons (Fsp3) is 0.292. The summed E-state index contributed by atoms with van der Waals surface area (Å²) in [5.74, 6) is -1.24. The Labute approximate surface area is 203 Å². The Kier molecular flexibility index (Phi) is 7.29. The number of morpholine rings is 1. The number of nitrogens with one attached hydrogen (secondary N) is 1. The van der Waals surface area contributed by atoms with Gasteiger partial charge in [-0.1, -0.05) is 18.2 Å². The van der Waals surface area contributed by atoms with Crippen molar-refractivity contribution in [3.63, 3.8) is 0 Å². The molecule has 1 amide bonds. The lowest BCUT2D eigenvalue weighted by Gasteiger charge is -2.26. The number of hydrogen-bond acceptors (Lipinski definition) is 7. The maximum Gasteiger partial charge on any atom is 0.338 e. The molecular weight excluding hydrogens is 472 g/mol. The summed E-state index contributed by atoms with van der Waals surface area (Å²) in [5, 5.41) is 7.22. The van der Waals surface area contributed by atoms with Gasteiger partial charge >= 0.3 is 5.97 Å². The fourth-order valence-electron chi connectivity index (χ4n) is 3.73. The van der Waals surface area contributed by atoms with Crippen LogP contribution < -0.4 is 5.32 Å². The molecule has 1 aliphatic heterocycles. The maximum atomic E-state index is 12.7. The Morgan fingerprint density at radius 1 is 1.03 bits per heavy atom. The van der Waals surface area contributed by atoms with E-state index in [-0.39, 0.29) is 23.5 Å². The van der Waals surface area contributed by atoms with Crippen molar-refractivity contribution < 1.29 is 27.5 Å². The maximum absolute atomic E-state index is 12.7. The summed E-state index contributed by atoms with van der Waals surface area (Å²) in [4.78, 5) is 24.9. The molecule has 4 rings (SSSR count). The lowest BCUT2D eigenvalue weighted by atomic mass is 10.2. The fourth-order valence-corrected chi connectivity index (χ4v) is 5.14. The van der Waals surface area contributed by atoms with Crippen molar-refractivity contribution in [2.75, 3.05) is 38.2 Å². The Morgan fingerprint density at radius 3 is 2.34 bits per heavy atom. The quantitative estimate of drug-likeness (QED) is 0.497. The summed E-state index contributed by atoms with van der Waals surface area (Å²) in [6.07, 6.45) is 0. The van der Waals surface area contributed by atoms with E-state index in [1.165, 1.54) is 28.6 Å². The molecule has 2 heterocycles. The van der Waals surface area contributed by atoms with Gasteiger partial charge in [0, 0.05) is 13.1 Å². The second kappa shape index (κ2) is 10.4. The first-order valence-electron chi connectivity index (χ1n) is 11.0. The van der Waals surface area contributed by atoms with E-state index in [1.807, 2.05) is 37.3 Å². The number of amides is 1. The number of anilines is 1. The summed E-state index contributed by atoms with van der Waals surface area (Å²) in [6, 6.07) is 15.0. The third-order valence-electron chi connectivity index (χ3n) is 5.59. The van der Waals surface area contributed by atoms with Crippen LogP contribution in [0.3, 0.4) is 0 Å². The SMILES string of the molecule is Cc1nn(-c2ccccc2)c(C)c1NC(=O)COC(=O)c1ccc(S(=O)(=O)N2CCOCC2)cc1. The second-order valence-corrected chi connectivity index (χ2v) is 9.90. The van der Waals surface area contributed by atoms with Crippen LogP contribution in [-0.4, -0.2) is 67.3 Å². The molecule has 10 nitrogen and oxygen atoms in total. The largest absolute Gasteiger partial charge is 0.452 e. The zero-order valence-corrected chi connectivity index (χ0v) is 20.2. The molecule has 0 bridgehead atoms. The molecule has 11 heteroatoms. The van der Waals surface area contributed by atoms with Crippen LogP contribution in [0.2, 0.25) is 0 Å². The minimum Gasteiger partial charge on any atom is -0.452 e. The van der Waals surface area contributed by atoms with Crippen molar-refractivity contribution in [1.29, 1.82) is 0 Å². The van der Waals surface area contributed by atoms with Crippen LogP contribution in [0, 0.1) is 13.8 Å². The number of sulfonamides is 1. The molecule has 0 saturated carbocycles. The van der Waals surface area contributed by atoms with Crippen molar-refractivity contribution >= 4 is 27.6 Å². The van der Waals surface area contributed by atoms with E-state index in [0.717, 1.165) is 11.4 Å². The number of aryl methyl sites for hydroxylation is 1. The molecule has 0 aliphatic carbocycles. The molecule has 0 atom stereocenters. The molecule has 1 N–H and O–H groups in total. The molecule has 0 spiro atoms. The summed E-state index contributed by atoms with van der Waals surface area (Å²) in [5.41, 5.74) is 2.92. The van der Waals surface area contributed by atoms with Gasteiger partial charge in [-0.25, -0.2) is 17.9 Å². The molecule has 35 heavy (non-hydrogen) atoms. The molecule has 1 aliphatic rings. The Balaban J connectivity index is 1.36. The van der Waals surface area contributed by atoms with E-state index < -0.39 is 28.5 Å². The smallest absolute Gasteiger partial charge is 0.338 e. The lowest BCUT2D eigenvalue weighted by molar-refractivity contribution is -0.119. The summed E-state index contributed by atoms with van der Waals surface area (Å²) < 4.78 is 38.8. The zero-order chi connectivity index (χ0) is 25.0. The highest BCUT2D eigenvalue weighted by Crippen LogP contribution is 2.23. The van der Waals surface area contributed by atoms with Crippen LogP contribution in [0.1, 0.15) is 21.7 Å². The van der Waals surface area contributed by atoms with Gasteiger partial charge in [-0.05, 0) is 50.2 Å². The van der Waals surface area contributed by atoms with Gasteiger partial charge in [0.15, 0.2) is 6.61 Å². The number of ether oxygens (including phenoxy) is 2. The summed E-state index contributed by atoms with van der Waals surface area (Å²) >= 11 is 0. The number of para-hydroxylation sites is 1. The van der Waals surface area contributed by atoms with Gasteiger partial charge < -0.3 is 14.8 Å². The molecule has 184 valence electrons. The average molecular weight is 499 g/mol. The second-order valence-electron chi connectivity index (χ2n) is 7.96. The van der Waals surface area contributed by atoms with E-state index >= 15 is 0 Å². The van der Waals surface area contributed by atoms with E-state index in [9.17, 15) is 18.0 Å². The van der Waals surface area contributed by atoms with Crippen molar-refractivity contribution in [1.82, 2.24) is 14.1 Å². The Morgan fingerprint density at radius 2 is 1.69 bits per heavy atom. The minimum atomic E-state index is -3.66. The lowest BCUT2D eigenvalue weighted by Crippen LogP contribution is -2.40. The molecule has 0 unspecified atom stereocenters. The van der Waals surface area contributed by atoms with E-state index in [1.54, 1.807) is 11.6 Å². The van der Waals surface area contributed by atoms with Crippen LogP contribution in [0.5, 0.6) is 0 Å². The molecule has 3 aromatic rings. The third kappa shape index (κ3) is 5.42. The standard InChI is InChI=1S/C24H26N4O6S/c1-17-23(18(2)28(26-17)20-6-4-3-5-7-20)25-22(29)16-34-24(30)19-8-10-21(11-9-19)35(31,32)27-12-14-33-15-13-27/h3-11H,12-16H2,1-2H3,(H,25,29). The zero-order valence-electron chi connectivity index (χ0n) is 19.4. The number of esters is 1. The molecular formula is C24H26N4O6S. The first-order valence-corrected chi connectivity index (χ1v) is 12.5. The predicted molar refractivity (Wildman–Crippen MR) is 128 cm³/mol. The van der Waals surface area contributed by atoms with Gasteiger partial charge in [0.05, 0.1) is 46.4 Å². The van der Waals surface area contributed by atoms with Crippen LogP contribution in [0.4, 0.5) is 5.69 Å². The van der Waals surface area contributed by atoms with Gasteiger partial charge in [0.2, 0.25) is 10.0 Å². The van der Waals surface area contributed by atoms with Crippen LogP contribution in [0.15, 0.2) is 59.5 Å². The number of carbonyl (C=O) groups excluding carboxylic acids is 2. The van der Waals surface area contributed by atoms with Crippen molar-refractivity contribution in [3.05, 3.63) is 71.5 Å². The Bertz CT molecular complexity index is 1310. The van der Waals surface area contributed by atoms with Gasteiger partial charge in [0.25, 0.3) is 5.91 Å². The Hall–Kier alpha value is -3.54. The first kappa shape index (κ1) is 24.6. The van der Waals surface area contributed by atoms with Crippen molar-refractivity contribution in [2.24, 2.45) is 0 Å². The third-order valence-corrected chi connectivity index (χ3v) is 7.50. The summed E-state index contributed by atoms with van der Waals surface area (Å²) in [6.45, 7) is 4.37. The number of rotatable bonds is 7. The highest BCUT2D eigenvalue weighted by atomic mass is 32.2. The van der Waals surface area contributed by atoms with Crippen LogP contribution in [0.25, 0.3) is 5.69 Å².